The van der Waals surface area contributed by atoms with Gasteiger partial charge in [0.2, 0.25) is 0 Å². The molecule has 0 radical (unpaired) electrons. The van der Waals surface area contributed by atoms with Crippen LogP contribution in [0.3, 0.4) is 0 Å². The molecule has 1 saturated heterocycles. The first-order valence-corrected chi connectivity index (χ1v) is 5.49. The Morgan fingerprint density at radius 3 is 2.94 bits per heavy atom. The first-order chi connectivity index (χ1) is 8.02. The van der Waals surface area contributed by atoms with E-state index < -0.39 is 5.97 Å². The molecule has 1 heterocycles. The topological polar surface area (TPSA) is 84.6 Å². The minimum Gasteiger partial charge on any atom is -0.478 e. The van der Waals surface area contributed by atoms with Crippen LogP contribution >= 0.6 is 0 Å². The Balaban J connectivity index is 2.27. The average Bonchev–Trinajstić information content (AvgIpc) is 2.68. The fourth-order valence-corrected chi connectivity index (χ4v) is 1.95. The van der Waals surface area contributed by atoms with E-state index >= 15 is 0 Å². The number of nitrogens with one attached hydrogen (secondary N) is 1. The number of hydrogen-bond acceptors (Lipinski definition) is 4. The van der Waals surface area contributed by atoms with Crippen molar-refractivity contribution in [3.8, 4) is 0 Å². The third kappa shape index (κ3) is 2.34. The molecular weight excluding hydrogens is 220 g/mol. The second kappa shape index (κ2) is 4.25. The predicted molar refractivity (Wildman–Crippen MR) is 65.3 cm³/mol. The zero-order valence-corrected chi connectivity index (χ0v) is 9.69. The number of carbonyl (C=O) groups is 1. The molecule has 2 rings (SSSR count). The second-order valence-electron chi connectivity index (χ2n) is 4.56. The van der Waals surface area contributed by atoms with Crippen LogP contribution in [0.25, 0.3) is 0 Å². The van der Waals surface area contributed by atoms with Gasteiger partial charge < -0.3 is 20.9 Å². The van der Waals surface area contributed by atoms with E-state index in [2.05, 4.69) is 5.32 Å². The third-order valence-electron chi connectivity index (χ3n) is 2.99. The number of aromatic carboxylic acids is 1. The summed E-state index contributed by atoms with van der Waals surface area (Å²) in [4.78, 5) is 11.0. The highest BCUT2D eigenvalue weighted by Crippen LogP contribution is 2.29. The molecule has 1 aliphatic heterocycles. The third-order valence-corrected chi connectivity index (χ3v) is 2.99. The molecule has 1 fully saturated rings. The molecule has 1 aliphatic rings. The van der Waals surface area contributed by atoms with Crippen LogP contribution in [0.15, 0.2) is 18.2 Å². The lowest BCUT2D eigenvalue weighted by molar-refractivity contribution is 0.0698. The van der Waals surface area contributed by atoms with Gasteiger partial charge in [0.1, 0.15) is 0 Å². The molecule has 5 heteroatoms. The number of benzene rings is 1. The normalized spacial score (nSPS) is 23.6. The van der Waals surface area contributed by atoms with Gasteiger partial charge >= 0.3 is 5.97 Å². The van der Waals surface area contributed by atoms with E-state index in [-0.39, 0.29) is 16.8 Å². The summed E-state index contributed by atoms with van der Waals surface area (Å²) in [6.07, 6.45) is 0.879. The largest absolute Gasteiger partial charge is 0.478 e. The summed E-state index contributed by atoms with van der Waals surface area (Å²) >= 11 is 0. The van der Waals surface area contributed by atoms with Gasteiger partial charge in [0.05, 0.1) is 29.1 Å². The van der Waals surface area contributed by atoms with Crippen LogP contribution in [0.5, 0.6) is 0 Å². The SMILES string of the molecule is CC1(Nc2cccc(C(=O)O)c2N)CCOC1. The first kappa shape index (κ1) is 11.7. The number of carboxylic acids is 1. The molecule has 1 aromatic rings. The van der Waals surface area contributed by atoms with Crippen LogP contribution in [0, 0.1) is 0 Å². The highest BCUT2D eigenvalue weighted by atomic mass is 16.5. The fraction of sp³-hybridized carbons (Fsp3) is 0.417. The van der Waals surface area contributed by atoms with Crippen molar-refractivity contribution in [1.82, 2.24) is 0 Å². The number of nitrogen functional groups attached to an aromatic ring is 1. The second-order valence-corrected chi connectivity index (χ2v) is 4.56. The zero-order chi connectivity index (χ0) is 12.5. The summed E-state index contributed by atoms with van der Waals surface area (Å²) in [5, 5.41) is 12.3. The van der Waals surface area contributed by atoms with Crippen LogP contribution < -0.4 is 11.1 Å². The molecule has 0 aromatic heterocycles. The number of para-hydroxylation sites is 1. The number of rotatable bonds is 3. The van der Waals surface area contributed by atoms with Crippen LogP contribution in [0.4, 0.5) is 11.4 Å². The van der Waals surface area contributed by atoms with Gasteiger partial charge in [0, 0.05) is 6.61 Å². The van der Waals surface area contributed by atoms with Crippen molar-refractivity contribution in [2.45, 2.75) is 18.9 Å². The summed E-state index contributed by atoms with van der Waals surface area (Å²) < 4.78 is 5.33. The summed E-state index contributed by atoms with van der Waals surface area (Å²) in [5.41, 5.74) is 6.71. The summed E-state index contributed by atoms with van der Waals surface area (Å²) in [6, 6.07) is 4.96. The van der Waals surface area contributed by atoms with E-state index in [4.69, 9.17) is 15.6 Å². The summed E-state index contributed by atoms with van der Waals surface area (Å²) in [7, 11) is 0. The lowest BCUT2D eigenvalue weighted by Crippen LogP contribution is -2.35. The van der Waals surface area contributed by atoms with Crippen LogP contribution in [0.2, 0.25) is 0 Å². The quantitative estimate of drug-likeness (QED) is 0.693. The van der Waals surface area contributed by atoms with Crippen LogP contribution in [-0.2, 0) is 4.74 Å². The highest BCUT2D eigenvalue weighted by Gasteiger charge is 2.30. The molecule has 1 atom stereocenters. The molecule has 17 heavy (non-hydrogen) atoms. The molecule has 0 saturated carbocycles. The minimum absolute atomic E-state index is 0.123. The van der Waals surface area contributed by atoms with Gasteiger partial charge in [-0.1, -0.05) is 6.07 Å². The monoisotopic (exact) mass is 236 g/mol. The van der Waals surface area contributed by atoms with Crippen molar-refractivity contribution < 1.29 is 14.6 Å². The fourth-order valence-electron chi connectivity index (χ4n) is 1.95. The van der Waals surface area contributed by atoms with E-state index in [1.165, 1.54) is 6.07 Å². The molecule has 0 spiro atoms. The number of carboxylic acid groups (broad SMARTS) is 1. The van der Waals surface area contributed by atoms with E-state index in [1.54, 1.807) is 12.1 Å². The van der Waals surface area contributed by atoms with Gasteiger partial charge in [-0.05, 0) is 25.5 Å². The summed E-state index contributed by atoms with van der Waals surface area (Å²) in [6.45, 7) is 3.35. The molecule has 92 valence electrons. The Kier molecular flexibility index (Phi) is 2.93. The van der Waals surface area contributed by atoms with Gasteiger partial charge in [-0.25, -0.2) is 4.79 Å². The van der Waals surface area contributed by atoms with Gasteiger partial charge in [0.25, 0.3) is 0 Å². The van der Waals surface area contributed by atoms with Gasteiger partial charge in [-0.2, -0.15) is 0 Å². The molecule has 5 nitrogen and oxygen atoms in total. The van der Waals surface area contributed by atoms with Crippen LogP contribution in [-0.4, -0.2) is 29.8 Å². The number of hydrogen-bond donors (Lipinski definition) is 3. The lowest BCUT2D eigenvalue weighted by Gasteiger charge is -2.26. The minimum atomic E-state index is -1.01. The van der Waals surface area contributed by atoms with Crippen LogP contribution in [0.1, 0.15) is 23.7 Å². The van der Waals surface area contributed by atoms with Gasteiger partial charge in [0.15, 0.2) is 0 Å². The Morgan fingerprint density at radius 2 is 2.35 bits per heavy atom. The van der Waals surface area contributed by atoms with E-state index in [0.29, 0.717) is 18.9 Å². The number of ether oxygens (including phenoxy) is 1. The Bertz CT molecular complexity index is 439. The van der Waals surface area contributed by atoms with Crippen molar-refractivity contribution in [3.05, 3.63) is 23.8 Å². The van der Waals surface area contributed by atoms with Crippen molar-refractivity contribution >= 4 is 17.3 Å². The van der Waals surface area contributed by atoms with Crippen molar-refractivity contribution in [2.24, 2.45) is 0 Å². The number of nitrogens with two attached hydrogens (primary N) is 1. The molecule has 4 N–H and O–H groups in total. The molecule has 0 bridgehead atoms. The lowest BCUT2D eigenvalue weighted by atomic mass is 10.0. The Labute approximate surface area is 99.6 Å². The first-order valence-electron chi connectivity index (χ1n) is 5.49. The summed E-state index contributed by atoms with van der Waals surface area (Å²) in [5.74, 6) is -1.01. The maximum Gasteiger partial charge on any atom is 0.337 e. The zero-order valence-electron chi connectivity index (χ0n) is 9.69. The Morgan fingerprint density at radius 1 is 1.59 bits per heavy atom. The number of anilines is 2. The van der Waals surface area contributed by atoms with E-state index in [9.17, 15) is 4.79 Å². The molecule has 1 unspecified atom stereocenters. The molecule has 0 aliphatic carbocycles. The maximum atomic E-state index is 11.0. The predicted octanol–water partition coefficient (Wildman–Crippen LogP) is 1.56. The van der Waals surface area contributed by atoms with Gasteiger partial charge in [-0.15, -0.1) is 0 Å². The smallest absolute Gasteiger partial charge is 0.337 e. The van der Waals surface area contributed by atoms with Crippen molar-refractivity contribution in [3.63, 3.8) is 0 Å². The average molecular weight is 236 g/mol. The van der Waals surface area contributed by atoms with Crippen molar-refractivity contribution in [1.29, 1.82) is 0 Å². The highest BCUT2D eigenvalue weighted by molar-refractivity contribution is 5.97. The van der Waals surface area contributed by atoms with Gasteiger partial charge in [-0.3, -0.25) is 0 Å². The molecule has 1 aromatic carbocycles. The van der Waals surface area contributed by atoms with E-state index in [0.717, 1.165) is 6.42 Å². The molecule has 0 amide bonds. The standard InChI is InChI=1S/C12H16N2O3/c1-12(5-6-17-7-12)14-9-4-2-3-8(10(9)13)11(15)16/h2-4,14H,5-7,13H2,1H3,(H,15,16). The maximum absolute atomic E-state index is 11.0. The Hall–Kier alpha value is -1.75. The van der Waals surface area contributed by atoms with Crippen molar-refractivity contribution in [2.75, 3.05) is 24.3 Å². The van der Waals surface area contributed by atoms with E-state index in [1.807, 2.05) is 6.92 Å². The molecular formula is C12H16N2O3.